The molecule has 1 amide bonds. The summed E-state index contributed by atoms with van der Waals surface area (Å²) in [7, 11) is 0. The van der Waals surface area contributed by atoms with Crippen LogP contribution in [-0.2, 0) is 4.79 Å². The normalized spacial score (nSPS) is 15.7. The zero-order valence-electron chi connectivity index (χ0n) is 13.3. The summed E-state index contributed by atoms with van der Waals surface area (Å²) in [6.45, 7) is 3.44. The molecule has 0 spiro atoms. The first-order chi connectivity index (χ1) is 11.5. The van der Waals surface area contributed by atoms with Crippen LogP contribution in [0.1, 0.15) is 35.9 Å². The Hall–Kier alpha value is -2.91. The third-order valence-electron chi connectivity index (χ3n) is 3.68. The number of amides is 1. The lowest BCUT2D eigenvalue weighted by molar-refractivity contribution is -0.110. The van der Waals surface area contributed by atoms with Gasteiger partial charge in [-0.05, 0) is 32.1 Å². The number of aromatic nitrogens is 2. The Morgan fingerprint density at radius 3 is 2.92 bits per heavy atom. The van der Waals surface area contributed by atoms with E-state index in [0.29, 0.717) is 22.5 Å². The van der Waals surface area contributed by atoms with Crippen molar-refractivity contribution in [2.24, 2.45) is 0 Å². The number of aliphatic hydroxyl groups is 1. The zero-order chi connectivity index (χ0) is 17.3. The molecule has 0 saturated heterocycles. The number of hydrogen-bond acceptors (Lipinski definition) is 3. The van der Waals surface area contributed by atoms with Gasteiger partial charge in [-0.25, -0.2) is 9.37 Å². The summed E-state index contributed by atoms with van der Waals surface area (Å²) in [6, 6.07) is 2.79. The fourth-order valence-corrected chi connectivity index (χ4v) is 2.46. The number of hydrogen-bond donors (Lipinski definition) is 3. The summed E-state index contributed by atoms with van der Waals surface area (Å²) >= 11 is 0. The molecule has 0 saturated carbocycles. The van der Waals surface area contributed by atoms with Gasteiger partial charge in [0.05, 0.1) is 34.9 Å². The van der Waals surface area contributed by atoms with Crippen molar-refractivity contribution in [1.82, 2.24) is 9.97 Å². The number of anilines is 1. The second-order valence-corrected chi connectivity index (χ2v) is 5.62. The maximum Gasteiger partial charge on any atom is 0.256 e. The van der Waals surface area contributed by atoms with Gasteiger partial charge in [-0.15, -0.1) is 0 Å². The van der Waals surface area contributed by atoms with E-state index in [1.54, 1.807) is 13.0 Å². The summed E-state index contributed by atoms with van der Waals surface area (Å²) in [5.74, 6) is 4.66. The van der Waals surface area contributed by atoms with Crippen LogP contribution in [-0.4, -0.2) is 27.1 Å². The largest absolute Gasteiger partial charge is 0.392 e. The van der Waals surface area contributed by atoms with Gasteiger partial charge in [-0.1, -0.05) is 11.8 Å². The number of nitrogens with zero attached hydrogens (tertiary/aromatic N) is 1. The molecule has 0 radical (unpaired) electrons. The van der Waals surface area contributed by atoms with Crippen molar-refractivity contribution in [3.8, 4) is 11.8 Å². The third kappa shape index (κ3) is 2.94. The number of halogens is 1. The van der Waals surface area contributed by atoms with Gasteiger partial charge in [0.15, 0.2) is 0 Å². The Labute approximate surface area is 138 Å². The zero-order valence-corrected chi connectivity index (χ0v) is 13.3. The van der Waals surface area contributed by atoms with Gasteiger partial charge in [0.1, 0.15) is 5.82 Å². The summed E-state index contributed by atoms with van der Waals surface area (Å²) in [5, 5.41) is 12.0. The number of carbonyl (C=O) groups excluding carboxylic acids is 1. The fourth-order valence-electron chi connectivity index (χ4n) is 2.46. The van der Waals surface area contributed by atoms with Crippen LogP contribution >= 0.6 is 0 Å². The first-order valence-electron chi connectivity index (χ1n) is 7.50. The molecule has 1 aromatic heterocycles. The van der Waals surface area contributed by atoms with E-state index in [9.17, 15) is 14.3 Å². The predicted molar refractivity (Wildman–Crippen MR) is 89.4 cm³/mol. The number of carbonyl (C=O) groups is 1. The highest BCUT2D eigenvalue weighted by molar-refractivity contribution is 6.35. The van der Waals surface area contributed by atoms with E-state index in [1.165, 1.54) is 18.5 Å². The molecular weight excluding hydrogens is 309 g/mol. The lowest BCUT2D eigenvalue weighted by Gasteiger charge is -2.04. The van der Waals surface area contributed by atoms with Gasteiger partial charge in [0.2, 0.25) is 0 Å². The minimum Gasteiger partial charge on any atom is -0.392 e. The lowest BCUT2D eigenvalue weighted by Crippen LogP contribution is -2.03. The molecule has 5 nitrogen and oxygen atoms in total. The van der Waals surface area contributed by atoms with Crippen LogP contribution in [0.5, 0.6) is 0 Å². The Morgan fingerprint density at radius 1 is 1.46 bits per heavy atom. The van der Waals surface area contributed by atoms with Crippen LogP contribution in [0.15, 0.2) is 18.5 Å². The molecule has 1 aliphatic rings. The number of fused-ring (bicyclic) bond motifs is 1. The van der Waals surface area contributed by atoms with Gasteiger partial charge >= 0.3 is 0 Å². The third-order valence-corrected chi connectivity index (χ3v) is 3.68. The quantitative estimate of drug-likeness (QED) is 0.586. The second kappa shape index (κ2) is 6.30. The molecule has 3 N–H and O–H groups in total. The number of rotatable bonds is 2. The Balaban J connectivity index is 2.13. The van der Waals surface area contributed by atoms with Crippen LogP contribution in [0.4, 0.5) is 10.1 Å². The van der Waals surface area contributed by atoms with E-state index < -0.39 is 11.9 Å². The number of aromatic amines is 1. The first-order valence-corrected chi connectivity index (χ1v) is 7.50. The molecule has 2 aromatic rings. The second-order valence-electron chi connectivity index (χ2n) is 5.62. The fraction of sp³-hybridized carbons (Fsp3) is 0.222. The van der Waals surface area contributed by atoms with E-state index in [0.717, 1.165) is 5.69 Å². The van der Waals surface area contributed by atoms with E-state index in [-0.39, 0.29) is 17.9 Å². The van der Waals surface area contributed by atoms with Crippen LogP contribution in [0.3, 0.4) is 0 Å². The lowest BCUT2D eigenvalue weighted by atomic mass is 9.99. The molecule has 1 atom stereocenters. The number of H-pyrrole nitrogens is 1. The summed E-state index contributed by atoms with van der Waals surface area (Å²) < 4.78 is 14.3. The molecule has 0 bridgehead atoms. The molecule has 24 heavy (non-hydrogen) atoms. The molecule has 0 fully saturated rings. The van der Waals surface area contributed by atoms with E-state index >= 15 is 0 Å². The number of imidazole rings is 1. The highest BCUT2D eigenvalue weighted by atomic mass is 19.1. The van der Waals surface area contributed by atoms with Crippen LogP contribution in [0, 0.1) is 24.6 Å². The highest BCUT2D eigenvalue weighted by Gasteiger charge is 2.28. The maximum absolute atomic E-state index is 14.3. The summed E-state index contributed by atoms with van der Waals surface area (Å²) in [4.78, 5) is 19.4. The number of nitrogens with one attached hydrogen (secondary N) is 2. The molecule has 122 valence electrons. The minimum absolute atomic E-state index is 0.144. The predicted octanol–water partition coefficient (Wildman–Crippen LogP) is 2.47. The van der Waals surface area contributed by atoms with E-state index in [1.807, 2.05) is 6.92 Å². The average Bonchev–Trinajstić information content (AvgIpc) is 3.06. The monoisotopic (exact) mass is 325 g/mol. The average molecular weight is 325 g/mol. The molecule has 3 rings (SSSR count). The van der Waals surface area contributed by atoms with Crippen molar-refractivity contribution in [3.05, 3.63) is 46.8 Å². The van der Waals surface area contributed by atoms with Crippen molar-refractivity contribution in [2.45, 2.75) is 26.4 Å². The van der Waals surface area contributed by atoms with Crippen molar-refractivity contribution in [1.29, 1.82) is 0 Å². The molecule has 0 unspecified atom stereocenters. The highest BCUT2D eigenvalue weighted by Crippen LogP contribution is 2.36. The van der Waals surface area contributed by atoms with E-state index in [2.05, 4.69) is 27.1 Å². The van der Waals surface area contributed by atoms with Crippen LogP contribution < -0.4 is 5.32 Å². The number of aliphatic hydroxyl groups excluding tert-OH is 1. The van der Waals surface area contributed by atoms with Gasteiger partial charge < -0.3 is 15.4 Å². The molecule has 2 heterocycles. The topological polar surface area (TPSA) is 78.0 Å². The first kappa shape index (κ1) is 16.0. The standard InChI is InChI=1S/C18H16FN3O2/c1-10(23)4-3-5-12-14(19)6-7-15-17(12)13(18(24)22-15)8-16-11(2)20-9-21-16/h6-10,23H,4H2,1-2H3,(H,20,21)(H,22,24)/t10-/m1/s1. The van der Waals surface area contributed by atoms with Crippen LogP contribution in [0.2, 0.25) is 0 Å². The number of benzene rings is 1. The van der Waals surface area contributed by atoms with Gasteiger partial charge in [-0.3, -0.25) is 4.79 Å². The minimum atomic E-state index is -0.598. The van der Waals surface area contributed by atoms with Crippen molar-refractivity contribution in [3.63, 3.8) is 0 Å². The van der Waals surface area contributed by atoms with Crippen LogP contribution in [0.25, 0.3) is 11.6 Å². The molecule has 1 aromatic carbocycles. The smallest absolute Gasteiger partial charge is 0.256 e. The SMILES string of the molecule is Cc1[nH]cnc1C=C1C(=O)Nc2ccc(F)c(C#CC[C@@H](C)O)c21. The van der Waals surface area contributed by atoms with Gasteiger partial charge in [0.25, 0.3) is 5.91 Å². The number of aryl methyl sites for hydroxylation is 1. The maximum atomic E-state index is 14.3. The van der Waals surface area contributed by atoms with Crippen molar-refractivity contribution >= 4 is 23.2 Å². The van der Waals surface area contributed by atoms with Gasteiger partial charge in [0, 0.05) is 17.7 Å². The Bertz CT molecular complexity index is 901. The van der Waals surface area contributed by atoms with E-state index in [4.69, 9.17) is 0 Å². The molecule has 0 aliphatic carbocycles. The molecular formula is C18H16FN3O2. The van der Waals surface area contributed by atoms with Gasteiger partial charge in [-0.2, -0.15) is 0 Å². The summed E-state index contributed by atoms with van der Waals surface area (Å²) in [5.41, 5.74) is 2.83. The summed E-state index contributed by atoms with van der Waals surface area (Å²) in [6.07, 6.45) is 2.78. The molecule has 1 aliphatic heterocycles. The Kier molecular flexibility index (Phi) is 4.19. The molecule has 6 heteroatoms. The van der Waals surface area contributed by atoms with Crippen molar-refractivity contribution < 1.29 is 14.3 Å². The Morgan fingerprint density at radius 2 is 2.25 bits per heavy atom. The van der Waals surface area contributed by atoms with Crippen molar-refractivity contribution in [2.75, 3.05) is 5.32 Å².